The molecule has 0 radical (unpaired) electrons. The van der Waals surface area contributed by atoms with E-state index in [1.165, 1.54) is 0 Å². The maximum Gasteiger partial charge on any atom is 0.148 e. The highest BCUT2D eigenvalue weighted by Crippen LogP contribution is 2.26. The van der Waals surface area contributed by atoms with E-state index >= 15 is 0 Å². The van der Waals surface area contributed by atoms with Gasteiger partial charge >= 0.3 is 0 Å². The van der Waals surface area contributed by atoms with Crippen LogP contribution in [0.15, 0.2) is 72.3 Å². The first-order valence-electron chi connectivity index (χ1n) is 10.4. The molecule has 0 N–H and O–H groups in total. The van der Waals surface area contributed by atoms with Crippen molar-refractivity contribution in [1.29, 1.82) is 0 Å². The molecule has 0 saturated heterocycles. The van der Waals surface area contributed by atoms with Gasteiger partial charge in [0.2, 0.25) is 0 Å². The van der Waals surface area contributed by atoms with Gasteiger partial charge in [0, 0.05) is 5.57 Å². The molecule has 1 heterocycles. The first-order chi connectivity index (χ1) is 14.3. The van der Waals surface area contributed by atoms with E-state index in [9.17, 15) is 4.79 Å². The summed E-state index contributed by atoms with van der Waals surface area (Å²) >= 11 is 0. The van der Waals surface area contributed by atoms with E-state index in [1.807, 2.05) is 66.7 Å². The lowest BCUT2D eigenvalue weighted by Crippen LogP contribution is -2.42. The summed E-state index contributed by atoms with van der Waals surface area (Å²) in [5, 5.41) is 0. The Morgan fingerprint density at radius 2 is 1.62 bits per heavy atom. The molecule has 1 aliphatic rings. The van der Waals surface area contributed by atoms with Gasteiger partial charge in [0.15, 0.2) is 0 Å². The molecule has 29 heavy (non-hydrogen) atoms. The molecular weight excluding hydrogens is 364 g/mol. The van der Waals surface area contributed by atoms with Crippen LogP contribution < -0.4 is 0 Å². The first kappa shape index (κ1) is 21.4. The fourth-order valence-electron chi connectivity index (χ4n) is 3.43. The number of benzene rings is 2. The Hall–Kier alpha value is -2.27. The molecule has 4 nitrogen and oxygen atoms in total. The summed E-state index contributed by atoms with van der Waals surface area (Å²) in [7, 11) is 0. The minimum absolute atomic E-state index is 0.186. The predicted octanol–water partition coefficient (Wildman–Crippen LogP) is 4.87. The summed E-state index contributed by atoms with van der Waals surface area (Å²) in [5.74, 6) is 0. The van der Waals surface area contributed by atoms with Crippen LogP contribution in [0.4, 0.5) is 0 Å². The Kier molecular flexibility index (Phi) is 8.62. The van der Waals surface area contributed by atoms with E-state index in [0.717, 1.165) is 36.7 Å². The Bertz CT molecular complexity index is 757. The lowest BCUT2D eigenvalue weighted by Gasteiger charge is -2.34. The van der Waals surface area contributed by atoms with Gasteiger partial charge in [0.05, 0.1) is 25.9 Å². The predicted molar refractivity (Wildman–Crippen MR) is 113 cm³/mol. The Morgan fingerprint density at radius 3 is 2.24 bits per heavy atom. The minimum Gasteiger partial charge on any atom is -0.374 e. The second-order valence-corrected chi connectivity index (χ2v) is 7.35. The van der Waals surface area contributed by atoms with Crippen molar-refractivity contribution >= 4 is 6.29 Å². The summed E-state index contributed by atoms with van der Waals surface area (Å²) in [6.07, 6.45) is 5.00. The van der Waals surface area contributed by atoms with Gasteiger partial charge in [0.25, 0.3) is 0 Å². The van der Waals surface area contributed by atoms with E-state index in [-0.39, 0.29) is 18.3 Å². The van der Waals surface area contributed by atoms with Crippen LogP contribution in [-0.4, -0.2) is 31.2 Å². The van der Waals surface area contributed by atoms with Crippen LogP contribution >= 0.6 is 0 Å². The smallest absolute Gasteiger partial charge is 0.148 e. The van der Waals surface area contributed by atoms with Crippen molar-refractivity contribution in [1.82, 2.24) is 0 Å². The summed E-state index contributed by atoms with van der Waals surface area (Å²) in [6.45, 7) is 3.54. The van der Waals surface area contributed by atoms with Gasteiger partial charge < -0.3 is 14.2 Å². The number of unbranched alkanes of at least 4 members (excludes halogenated alkanes) is 1. The lowest BCUT2D eigenvalue weighted by molar-refractivity contribution is -0.129. The van der Waals surface area contributed by atoms with E-state index < -0.39 is 0 Å². The molecule has 0 saturated carbocycles. The lowest BCUT2D eigenvalue weighted by atomic mass is 9.98. The van der Waals surface area contributed by atoms with Crippen molar-refractivity contribution in [3.63, 3.8) is 0 Å². The molecule has 0 unspecified atom stereocenters. The van der Waals surface area contributed by atoms with E-state index in [4.69, 9.17) is 14.2 Å². The Morgan fingerprint density at radius 1 is 0.966 bits per heavy atom. The summed E-state index contributed by atoms with van der Waals surface area (Å²) < 4.78 is 18.4. The average molecular weight is 395 g/mol. The second-order valence-electron chi connectivity index (χ2n) is 7.35. The third kappa shape index (κ3) is 6.64. The van der Waals surface area contributed by atoms with Crippen LogP contribution in [-0.2, 0) is 32.2 Å². The molecule has 2 aromatic rings. The maximum absolute atomic E-state index is 11.6. The van der Waals surface area contributed by atoms with Crippen molar-refractivity contribution in [2.75, 3.05) is 6.61 Å². The van der Waals surface area contributed by atoms with Crippen molar-refractivity contribution in [3.8, 4) is 0 Å². The summed E-state index contributed by atoms with van der Waals surface area (Å²) in [5.41, 5.74) is 2.89. The Labute approximate surface area is 173 Å². The normalized spacial score (nSPS) is 21.6. The summed E-state index contributed by atoms with van der Waals surface area (Å²) in [4.78, 5) is 11.6. The molecule has 3 rings (SSSR count). The van der Waals surface area contributed by atoms with Gasteiger partial charge in [-0.25, -0.2) is 0 Å². The number of ether oxygens (including phenoxy) is 3. The molecule has 0 spiro atoms. The molecule has 4 heteroatoms. The van der Waals surface area contributed by atoms with Crippen molar-refractivity contribution < 1.29 is 19.0 Å². The number of hydrogen-bond donors (Lipinski definition) is 0. The maximum atomic E-state index is 11.6. The van der Waals surface area contributed by atoms with Crippen LogP contribution in [0.1, 0.15) is 37.3 Å². The minimum atomic E-state index is -0.316. The molecule has 3 atom stereocenters. The zero-order valence-electron chi connectivity index (χ0n) is 17.0. The van der Waals surface area contributed by atoms with Gasteiger partial charge in [-0.3, -0.25) is 4.79 Å². The molecular formula is C25H30O4. The largest absolute Gasteiger partial charge is 0.374 e. The quantitative estimate of drug-likeness (QED) is 0.510. The number of carbonyl (C=O) groups is 1. The van der Waals surface area contributed by atoms with Crippen molar-refractivity contribution in [2.24, 2.45) is 0 Å². The van der Waals surface area contributed by atoms with Gasteiger partial charge in [-0.1, -0.05) is 80.4 Å². The third-order valence-corrected chi connectivity index (χ3v) is 5.07. The third-order valence-electron chi connectivity index (χ3n) is 5.07. The van der Waals surface area contributed by atoms with Crippen LogP contribution in [0.3, 0.4) is 0 Å². The van der Waals surface area contributed by atoms with Gasteiger partial charge in [0.1, 0.15) is 18.5 Å². The van der Waals surface area contributed by atoms with Crippen LogP contribution in [0, 0.1) is 0 Å². The molecule has 2 aromatic carbocycles. The fraction of sp³-hybridized carbons (Fsp3) is 0.400. The number of carbonyl (C=O) groups excluding carboxylic acids is 1. The number of aldehydes is 1. The van der Waals surface area contributed by atoms with Gasteiger partial charge in [-0.15, -0.1) is 0 Å². The SMILES string of the molecule is CCCC[C@H]1O[C@H](COCc2ccccc2)[C@@H](OCc2ccccc2)C=C1C=O. The van der Waals surface area contributed by atoms with Crippen molar-refractivity contribution in [2.45, 2.75) is 57.7 Å². The zero-order valence-corrected chi connectivity index (χ0v) is 17.0. The topological polar surface area (TPSA) is 44.8 Å². The number of hydrogen-bond acceptors (Lipinski definition) is 4. The van der Waals surface area contributed by atoms with Crippen LogP contribution in [0.25, 0.3) is 0 Å². The molecule has 0 aromatic heterocycles. The fourth-order valence-corrected chi connectivity index (χ4v) is 3.43. The standard InChI is InChI=1S/C25H30O4/c1-2-3-14-23-22(16-26)15-24(28-18-21-12-8-5-9-13-21)25(29-23)19-27-17-20-10-6-4-7-11-20/h4-13,15-16,23-25H,2-3,14,17-19H2,1H3/t23-,24+,25-/m1/s1. The molecule has 0 fully saturated rings. The van der Waals surface area contributed by atoms with Crippen LogP contribution in [0.5, 0.6) is 0 Å². The molecule has 1 aliphatic heterocycles. The molecule has 0 amide bonds. The monoisotopic (exact) mass is 394 g/mol. The van der Waals surface area contributed by atoms with Crippen molar-refractivity contribution in [3.05, 3.63) is 83.4 Å². The van der Waals surface area contributed by atoms with Crippen LogP contribution in [0.2, 0.25) is 0 Å². The van der Waals surface area contributed by atoms with E-state index in [0.29, 0.717) is 25.4 Å². The van der Waals surface area contributed by atoms with Gasteiger partial charge in [-0.05, 0) is 23.6 Å². The Balaban J connectivity index is 1.65. The molecule has 0 aliphatic carbocycles. The highest BCUT2D eigenvalue weighted by molar-refractivity contribution is 5.75. The van der Waals surface area contributed by atoms with Gasteiger partial charge in [-0.2, -0.15) is 0 Å². The second kappa shape index (κ2) is 11.7. The highest BCUT2D eigenvalue weighted by atomic mass is 16.6. The highest BCUT2D eigenvalue weighted by Gasteiger charge is 2.32. The number of rotatable bonds is 11. The molecule has 0 bridgehead atoms. The first-order valence-corrected chi connectivity index (χ1v) is 10.4. The molecule has 154 valence electrons. The van der Waals surface area contributed by atoms with E-state index in [2.05, 4.69) is 6.92 Å². The van der Waals surface area contributed by atoms with E-state index in [1.54, 1.807) is 0 Å². The summed E-state index contributed by atoms with van der Waals surface area (Å²) in [6, 6.07) is 20.1. The average Bonchev–Trinajstić information content (AvgIpc) is 2.78. The zero-order chi connectivity index (χ0) is 20.3.